The first kappa shape index (κ1) is 15.6. The second-order valence-corrected chi connectivity index (χ2v) is 6.05. The van der Waals surface area contributed by atoms with Crippen LogP contribution in [0.1, 0.15) is 38.3 Å². The lowest BCUT2D eigenvalue weighted by atomic mass is 9.96. The van der Waals surface area contributed by atoms with E-state index >= 15 is 0 Å². The molecule has 0 spiro atoms. The van der Waals surface area contributed by atoms with E-state index in [9.17, 15) is 0 Å². The normalized spacial score (nSPS) is 21.7. The minimum Gasteiger partial charge on any atom is -0.494 e. The Morgan fingerprint density at radius 2 is 2.30 bits per heavy atom. The molecule has 0 radical (unpaired) electrons. The Kier molecular flexibility index (Phi) is 5.70. The lowest BCUT2D eigenvalue weighted by molar-refractivity contribution is 0.131. The van der Waals surface area contributed by atoms with Crippen molar-refractivity contribution in [2.24, 2.45) is 11.7 Å². The molecule has 0 aliphatic carbocycles. The molecule has 20 heavy (non-hydrogen) atoms. The molecular formula is C16H25ClN2O. The van der Waals surface area contributed by atoms with Gasteiger partial charge in [-0.1, -0.05) is 18.5 Å². The predicted molar refractivity (Wildman–Crippen MR) is 84.4 cm³/mol. The van der Waals surface area contributed by atoms with Gasteiger partial charge in [-0.05, 0) is 50.4 Å². The summed E-state index contributed by atoms with van der Waals surface area (Å²) >= 11 is 6.17. The summed E-state index contributed by atoms with van der Waals surface area (Å²) in [4.78, 5) is 2.47. The van der Waals surface area contributed by atoms with E-state index in [2.05, 4.69) is 11.8 Å². The van der Waals surface area contributed by atoms with Crippen molar-refractivity contribution >= 4 is 11.6 Å². The molecule has 1 aliphatic heterocycles. The molecule has 1 heterocycles. The average molecular weight is 297 g/mol. The van der Waals surface area contributed by atoms with Gasteiger partial charge in [-0.3, -0.25) is 4.90 Å². The second kappa shape index (κ2) is 7.30. The fourth-order valence-corrected chi connectivity index (χ4v) is 3.23. The molecule has 2 unspecified atom stereocenters. The highest BCUT2D eigenvalue weighted by Crippen LogP contribution is 2.33. The molecule has 0 bridgehead atoms. The molecule has 1 aromatic rings. The number of ether oxygens (including phenoxy) is 1. The third kappa shape index (κ3) is 3.66. The van der Waals surface area contributed by atoms with Crippen molar-refractivity contribution in [3.8, 4) is 5.75 Å². The number of rotatable bonds is 5. The van der Waals surface area contributed by atoms with Crippen molar-refractivity contribution in [3.63, 3.8) is 0 Å². The quantitative estimate of drug-likeness (QED) is 0.904. The summed E-state index contributed by atoms with van der Waals surface area (Å²) in [6.45, 7) is 7.75. The van der Waals surface area contributed by atoms with E-state index in [1.54, 1.807) is 0 Å². The van der Waals surface area contributed by atoms with Crippen LogP contribution in [0.25, 0.3) is 0 Å². The Morgan fingerprint density at radius 1 is 1.50 bits per heavy atom. The molecule has 112 valence electrons. The number of nitrogens with two attached hydrogens (primary N) is 1. The second-order valence-electron chi connectivity index (χ2n) is 5.61. The van der Waals surface area contributed by atoms with Crippen molar-refractivity contribution < 1.29 is 4.74 Å². The highest BCUT2D eigenvalue weighted by atomic mass is 35.5. The molecule has 4 heteroatoms. The van der Waals surface area contributed by atoms with Gasteiger partial charge >= 0.3 is 0 Å². The first-order valence-corrected chi connectivity index (χ1v) is 7.89. The molecule has 2 atom stereocenters. The molecule has 0 amide bonds. The summed E-state index contributed by atoms with van der Waals surface area (Å²) in [5.74, 6) is 1.64. The van der Waals surface area contributed by atoms with E-state index in [1.165, 1.54) is 12.8 Å². The largest absolute Gasteiger partial charge is 0.494 e. The Labute approximate surface area is 127 Å². The van der Waals surface area contributed by atoms with Crippen LogP contribution in [-0.2, 0) is 0 Å². The summed E-state index contributed by atoms with van der Waals surface area (Å²) in [7, 11) is 0. The Hall–Kier alpha value is -0.770. The zero-order valence-electron chi connectivity index (χ0n) is 12.4. The lowest BCUT2D eigenvalue weighted by Gasteiger charge is -2.37. The van der Waals surface area contributed by atoms with Crippen molar-refractivity contribution in [2.75, 3.05) is 26.2 Å². The summed E-state index contributed by atoms with van der Waals surface area (Å²) < 4.78 is 5.75. The van der Waals surface area contributed by atoms with Crippen LogP contribution in [0.2, 0.25) is 5.02 Å². The van der Waals surface area contributed by atoms with Gasteiger partial charge in [0.25, 0.3) is 0 Å². The maximum atomic E-state index is 6.17. The number of piperidine rings is 1. The van der Waals surface area contributed by atoms with Gasteiger partial charge in [0.1, 0.15) is 5.75 Å². The van der Waals surface area contributed by atoms with Gasteiger partial charge in [0, 0.05) is 23.7 Å². The number of halogens is 1. The maximum absolute atomic E-state index is 6.17. The van der Waals surface area contributed by atoms with Crippen LogP contribution in [0, 0.1) is 5.92 Å². The number of hydrogen-bond acceptors (Lipinski definition) is 3. The minimum atomic E-state index is 0.193. The summed E-state index contributed by atoms with van der Waals surface area (Å²) in [6, 6.07) is 6.03. The van der Waals surface area contributed by atoms with Gasteiger partial charge in [0.15, 0.2) is 0 Å². The van der Waals surface area contributed by atoms with Gasteiger partial charge in [0.2, 0.25) is 0 Å². The molecule has 1 aromatic carbocycles. The first-order valence-electron chi connectivity index (χ1n) is 7.52. The lowest BCUT2D eigenvalue weighted by Crippen LogP contribution is -2.40. The number of likely N-dealkylation sites (tertiary alicyclic amines) is 1. The van der Waals surface area contributed by atoms with Gasteiger partial charge in [0.05, 0.1) is 12.6 Å². The molecular weight excluding hydrogens is 272 g/mol. The van der Waals surface area contributed by atoms with E-state index in [-0.39, 0.29) is 6.04 Å². The van der Waals surface area contributed by atoms with Crippen LogP contribution < -0.4 is 10.5 Å². The van der Waals surface area contributed by atoms with E-state index in [1.807, 2.05) is 25.1 Å². The van der Waals surface area contributed by atoms with Crippen LogP contribution >= 0.6 is 11.6 Å². The Balaban J connectivity index is 2.27. The molecule has 2 N–H and O–H groups in total. The van der Waals surface area contributed by atoms with E-state index < -0.39 is 0 Å². The monoisotopic (exact) mass is 296 g/mol. The van der Waals surface area contributed by atoms with Crippen molar-refractivity contribution in [1.29, 1.82) is 0 Å². The summed E-state index contributed by atoms with van der Waals surface area (Å²) in [5.41, 5.74) is 7.18. The van der Waals surface area contributed by atoms with Crippen LogP contribution in [0.15, 0.2) is 18.2 Å². The van der Waals surface area contributed by atoms with Crippen molar-refractivity contribution in [2.45, 2.75) is 32.7 Å². The van der Waals surface area contributed by atoms with Crippen LogP contribution in [0.5, 0.6) is 5.75 Å². The summed E-state index contributed by atoms with van der Waals surface area (Å²) in [6.07, 6.45) is 2.55. The predicted octanol–water partition coefficient (Wildman–Crippen LogP) is 3.47. The molecule has 0 aromatic heterocycles. The fourth-order valence-electron chi connectivity index (χ4n) is 3.05. The Bertz CT molecular complexity index is 438. The van der Waals surface area contributed by atoms with Crippen molar-refractivity contribution in [1.82, 2.24) is 4.90 Å². The minimum absolute atomic E-state index is 0.193. The third-order valence-electron chi connectivity index (χ3n) is 3.98. The smallest absolute Gasteiger partial charge is 0.124 e. The van der Waals surface area contributed by atoms with Gasteiger partial charge < -0.3 is 10.5 Å². The Morgan fingerprint density at radius 3 is 2.95 bits per heavy atom. The van der Waals surface area contributed by atoms with Crippen LogP contribution in [0.4, 0.5) is 0 Å². The highest BCUT2D eigenvalue weighted by molar-refractivity contribution is 6.30. The van der Waals surface area contributed by atoms with Gasteiger partial charge in [-0.15, -0.1) is 0 Å². The SMILES string of the molecule is CCOc1ccc(Cl)cc1C(CN)N1CCCC(C)C1. The molecule has 2 rings (SSSR count). The van der Waals surface area contributed by atoms with Crippen LogP contribution in [-0.4, -0.2) is 31.1 Å². The van der Waals surface area contributed by atoms with E-state index in [0.717, 1.165) is 35.3 Å². The highest BCUT2D eigenvalue weighted by Gasteiger charge is 2.26. The fraction of sp³-hybridized carbons (Fsp3) is 0.625. The van der Waals surface area contributed by atoms with Gasteiger partial charge in [-0.25, -0.2) is 0 Å². The molecule has 1 saturated heterocycles. The maximum Gasteiger partial charge on any atom is 0.124 e. The van der Waals surface area contributed by atoms with E-state index in [0.29, 0.717) is 13.2 Å². The number of nitrogens with zero attached hydrogens (tertiary/aromatic N) is 1. The van der Waals surface area contributed by atoms with Gasteiger partial charge in [-0.2, -0.15) is 0 Å². The van der Waals surface area contributed by atoms with Crippen LogP contribution in [0.3, 0.4) is 0 Å². The average Bonchev–Trinajstić information content (AvgIpc) is 2.43. The number of benzene rings is 1. The molecule has 3 nitrogen and oxygen atoms in total. The molecule has 1 fully saturated rings. The standard InChI is InChI=1S/C16H25ClN2O/c1-3-20-16-7-6-13(17)9-14(16)15(10-18)19-8-4-5-12(2)11-19/h6-7,9,12,15H,3-5,8,10-11,18H2,1-2H3. The summed E-state index contributed by atoms with van der Waals surface area (Å²) in [5, 5.41) is 0.743. The number of hydrogen-bond donors (Lipinski definition) is 1. The van der Waals surface area contributed by atoms with Crippen molar-refractivity contribution in [3.05, 3.63) is 28.8 Å². The molecule has 1 aliphatic rings. The van der Waals surface area contributed by atoms with E-state index in [4.69, 9.17) is 22.1 Å². The molecule has 0 saturated carbocycles. The topological polar surface area (TPSA) is 38.5 Å². The zero-order valence-corrected chi connectivity index (χ0v) is 13.2. The zero-order chi connectivity index (χ0) is 14.5. The third-order valence-corrected chi connectivity index (χ3v) is 4.22. The first-order chi connectivity index (χ1) is 9.65.